The number of aromatic nitrogens is 1. The van der Waals surface area contributed by atoms with Crippen molar-refractivity contribution in [3.63, 3.8) is 0 Å². The molecule has 2 rings (SSSR count). The molecule has 0 bridgehead atoms. The second kappa shape index (κ2) is 5.37. The fourth-order valence-electron chi connectivity index (χ4n) is 1.33. The summed E-state index contributed by atoms with van der Waals surface area (Å²) >= 11 is 5.86. The molecule has 0 fully saturated rings. The van der Waals surface area contributed by atoms with E-state index in [9.17, 15) is 9.90 Å². The van der Waals surface area contributed by atoms with Crippen LogP contribution in [0, 0.1) is 0 Å². The van der Waals surface area contributed by atoms with Crippen molar-refractivity contribution in [2.75, 3.05) is 10.6 Å². The highest BCUT2D eigenvalue weighted by molar-refractivity contribution is 6.34. The summed E-state index contributed by atoms with van der Waals surface area (Å²) in [5.41, 5.74) is 1.04. The monoisotopic (exact) mass is 263 g/mol. The molecule has 2 amide bonds. The predicted octanol–water partition coefficient (Wildman–Crippen LogP) is 3.08. The second-order valence-corrected chi connectivity index (χ2v) is 3.89. The minimum Gasteiger partial charge on any atom is -0.508 e. The maximum atomic E-state index is 11.7. The molecule has 1 heterocycles. The molecular formula is C12H10ClN3O2. The Kier molecular flexibility index (Phi) is 3.64. The van der Waals surface area contributed by atoms with Gasteiger partial charge in [-0.2, -0.15) is 0 Å². The molecule has 3 N–H and O–H groups in total. The van der Waals surface area contributed by atoms with Crippen LogP contribution in [0.4, 0.5) is 16.2 Å². The van der Waals surface area contributed by atoms with E-state index >= 15 is 0 Å². The van der Waals surface area contributed by atoms with E-state index in [1.54, 1.807) is 24.5 Å². The molecule has 0 spiro atoms. The molecule has 0 unspecified atom stereocenters. The first kappa shape index (κ1) is 12.2. The Hall–Kier alpha value is -2.27. The number of rotatable bonds is 2. The highest BCUT2D eigenvalue weighted by Crippen LogP contribution is 2.25. The standard InChI is InChI=1S/C12H10ClN3O2/c13-10-7-9(17)1-2-11(10)16-12(18)15-8-3-5-14-6-4-8/h1-7,17H,(H2,14,15,16,18). The molecule has 6 heteroatoms. The van der Waals surface area contributed by atoms with E-state index in [0.717, 1.165) is 0 Å². The van der Waals surface area contributed by atoms with E-state index in [-0.39, 0.29) is 10.8 Å². The lowest BCUT2D eigenvalue weighted by atomic mass is 10.3. The van der Waals surface area contributed by atoms with Crippen molar-refractivity contribution in [3.8, 4) is 5.75 Å². The maximum Gasteiger partial charge on any atom is 0.323 e. The van der Waals surface area contributed by atoms with Crippen LogP contribution in [-0.4, -0.2) is 16.1 Å². The van der Waals surface area contributed by atoms with Crippen LogP contribution in [0.5, 0.6) is 5.75 Å². The summed E-state index contributed by atoms with van der Waals surface area (Å²) in [6.45, 7) is 0. The topological polar surface area (TPSA) is 74.2 Å². The van der Waals surface area contributed by atoms with Gasteiger partial charge >= 0.3 is 6.03 Å². The number of aromatic hydroxyl groups is 1. The number of pyridine rings is 1. The van der Waals surface area contributed by atoms with E-state index in [1.807, 2.05) is 0 Å². The summed E-state index contributed by atoms with van der Waals surface area (Å²) in [5, 5.41) is 14.6. The number of hydrogen-bond donors (Lipinski definition) is 3. The van der Waals surface area contributed by atoms with Crippen LogP contribution in [0.2, 0.25) is 5.02 Å². The van der Waals surface area contributed by atoms with Crippen molar-refractivity contribution in [1.29, 1.82) is 0 Å². The fraction of sp³-hybridized carbons (Fsp3) is 0. The van der Waals surface area contributed by atoms with Crippen molar-refractivity contribution in [1.82, 2.24) is 4.98 Å². The number of urea groups is 1. The van der Waals surface area contributed by atoms with Gasteiger partial charge in [0.15, 0.2) is 0 Å². The van der Waals surface area contributed by atoms with Crippen molar-refractivity contribution in [3.05, 3.63) is 47.7 Å². The molecule has 18 heavy (non-hydrogen) atoms. The Morgan fingerprint density at radius 2 is 1.89 bits per heavy atom. The summed E-state index contributed by atoms with van der Waals surface area (Å²) < 4.78 is 0. The molecule has 1 aromatic carbocycles. The summed E-state index contributed by atoms with van der Waals surface area (Å²) in [6.07, 6.45) is 3.15. The molecule has 0 saturated carbocycles. The third-order valence-corrected chi connectivity index (χ3v) is 2.45. The zero-order valence-electron chi connectivity index (χ0n) is 9.22. The van der Waals surface area contributed by atoms with Crippen LogP contribution in [0.3, 0.4) is 0 Å². The number of carbonyl (C=O) groups is 1. The van der Waals surface area contributed by atoms with Crippen molar-refractivity contribution < 1.29 is 9.90 Å². The Balaban J connectivity index is 2.03. The first-order valence-electron chi connectivity index (χ1n) is 5.12. The third kappa shape index (κ3) is 3.11. The lowest BCUT2D eigenvalue weighted by Crippen LogP contribution is -2.19. The van der Waals surface area contributed by atoms with Gasteiger partial charge in [-0.25, -0.2) is 4.79 Å². The molecule has 5 nitrogen and oxygen atoms in total. The fourth-order valence-corrected chi connectivity index (χ4v) is 1.55. The molecule has 0 aliphatic rings. The molecule has 2 aromatic rings. The second-order valence-electron chi connectivity index (χ2n) is 3.48. The minimum absolute atomic E-state index is 0.0418. The minimum atomic E-state index is -0.422. The first-order chi connectivity index (χ1) is 8.65. The number of carbonyl (C=O) groups excluding carboxylic acids is 1. The summed E-state index contributed by atoms with van der Waals surface area (Å²) in [4.78, 5) is 15.5. The highest BCUT2D eigenvalue weighted by Gasteiger charge is 2.06. The van der Waals surface area contributed by atoms with Gasteiger partial charge in [-0.15, -0.1) is 0 Å². The van der Waals surface area contributed by atoms with Gasteiger partial charge in [-0.3, -0.25) is 4.98 Å². The zero-order chi connectivity index (χ0) is 13.0. The number of phenolic OH excluding ortho intramolecular Hbond substituents is 1. The van der Waals surface area contributed by atoms with Gasteiger partial charge in [0.25, 0.3) is 0 Å². The number of amides is 2. The maximum absolute atomic E-state index is 11.7. The number of anilines is 2. The number of benzene rings is 1. The third-order valence-electron chi connectivity index (χ3n) is 2.14. The molecule has 0 atom stereocenters. The van der Waals surface area contributed by atoms with E-state index in [0.29, 0.717) is 11.4 Å². The highest BCUT2D eigenvalue weighted by atomic mass is 35.5. The predicted molar refractivity (Wildman–Crippen MR) is 70.0 cm³/mol. The van der Waals surface area contributed by atoms with Crippen LogP contribution >= 0.6 is 11.6 Å². The largest absolute Gasteiger partial charge is 0.508 e. The van der Waals surface area contributed by atoms with Crippen LogP contribution in [0.1, 0.15) is 0 Å². The Morgan fingerprint density at radius 1 is 1.17 bits per heavy atom. The van der Waals surface area contributed by atoms with Crippen LogP contribution < -0.4 is 10.6 Å². The van der Waals surface area contributed by atoms with Gasteiger partial charge in [0.05, 0.1) is 10.7 Å². The number of nitrogens with one attached hydrogen (secondary N) is 2. The molecule has 92 valence electrons. The molecular weight excluding hydrogens is 254 g/mol. The molecule has 0 aliphatic carbocycles. The Bertz CT molecular complexity index is 561. The van der Waals surface area contributed by atoms with E-state index in [2.05, 4.69) is 15.6 Å². The average Bonchev–Trinajstić information content (AvgIpc) is 2.34. The van der Waals surface area contributed by atoms with Gasteiger partial charge < -0.3 is 15.7 Å². The number of phenols is 1. The van der Waals surface area contributed by atoms with Crippen molar-refractivity contribution in [2.45, 2.75) is 0 Å². The first-order valence-corrected chi connectivity index (χ1v) is 5.49. The van der Waals surface area contributed by atoms with Gasteiger partial charge in [-0.05, 0) is 24.3 Å². The quantitative estimate of drug-likeness (QED) is 0.729. The molecule has 0 saturated heterocycles. The molecule has 1 aromatic heterocycles. The van der Waals surface area contributed by atoms with E-state index < -0.39 is 6.03 Å². The molecule has 0 radical (unpaired) electrons. The van der Waals surface area contributed by atoms with Crippen molar-refractivity contribution >= 4 is 29.0 Å². The van der Waals surface area contributed by atoms with Gasteiger partial charge in [0.2, 0.25) is 0 Å². The zero-order valence-corrected chi connectivity index (χ0v) is 9.98. The van der Waals surface area contributed by atoms with Crippen LogP contribution in [0.15, 0.2) is 42.7 Å². The summed E-state index contributed by atoms with van der Waals surface area (Å²) in [6, 6.07) is 7.21. The van der Waals surface area contributed by atoms with Crippen LogP contribution in [0.25, 0.3) is 0 Å². The number of nitrogens with zero attached hydrogens (tertiary/aromatic N) is 1. The average molecular weight is 264 g/mol. The normalized spacial score (nSPS) is 9.83. The van der Waals surface area contributed by atoms with Gasteiger partial charge in [0.1, 0.15) is 5.75 Å². The van der Waals surface area contributed by atoms with Gasteiger partial charge in [0, 0.05) is 24.1 Å². The number of halogens is 1. The lowest BCUT2D eigenvalue weighted by Gasteiger charge is -2.08. The number of hydrogen-bond acceptors (Lipinski definition) is 3. The molecule has 0 aliphatic heterocycles. The van der Waals surface area contributed by atoms with Crippen molar-refractivity contribution in [2.24, 2.45) is 0 Å². The Labute approximate surface area is 108 Å². The van der Waals surface area contributed by atoms with Gasteiger partial charge in [-0.1, -0.05) is 11.6 Å². The van der Waals surface area contributed by atoms with E-state index in [1.165, 1.54) is 18.2 Å². The summed E-state index contributed by atoms with van der Waals surface area (Å²) in [5.74, 6) is 0.0418. The summed E-state index contributed by atoms with van der Waals surface area (Å²) in [7, 11) is 0. The van der Waals surface area contributed by atoms with Crippen LogP contribution in [-0.2, 0) is 0 Å². The lowest BCUT2D eigenvalue weighted by molar-refractivity contribution is 0.262. The smallest absolute Gasteiger partial charge is 0.323 e. The SMILES string of the molecule is O=C(Nc1ccncc1)Nc1ccc(O)cc1Cl. The Morgan fingerprint density at radius 3 is 2.56 bits per heavy atom. The van der Waals surface area contributed by atoms with E-state index in [4.69, 9.17) is 11.6 Å².